The number of hydrogen-bond acceptors (Lipinski definition) is 7. The molecule has 0 spiro atoms. The highest BCUT2D eigenvalue weighted by Gasteiger charge is 2.45. The predicted molar refractivity (Wildman–Crippen MR) is 133 cm³/mol. The molecule has 3 aromatic rings. The molecule has 37 heavy (non-hydrogen) atoms. The first-order chi connectivity index (χ1) is 17.6. The van der Waals surface area contributed by atoms with E-state index in [0.717, 1.165) is 10.9 Å². The van der Waals surface area contributed by atoms with Crippen LogP contribution in [0.1, 0.15) is 49.4 Å². The first-order valence-electron chi connectivity index (χ1n) is 11.9. The van der Waals surface area contributed by atoms with Crippen LogP contribution in [-0.4, -0.2) is 49.1 Å². The molecule has 190 valence electrons. The van der Waals surface area contributed by atoms with Crippen molar-refractivity contribution in [3.8, 4) is 11.4 Å². The van der Waals surface area contributed by atoms with Gasteiger partial charge in [0.15, 0.2) is 5.60 Å². The van der Waals surface area contributed by atoms with E-state index in [1.54, 1.807) is 42.7 Å². The van der Waals surface area contributed by atoms with Gasteiger partial charge in [0.25, 0.3) is 5.56 Å². The van der Waals surface area contributed by atoms with E-state index in [4.69, 9.17) is 9.72 Å². The van der Waals surface area contributed by atoms with Crippen molar-refractivity contribution >= 4 is 34.8 Å². The standard InChI is InChI=1S/C27H25N3O7/c1-4-27(36)19-11-21-23-17(12-30(21)24(32)18(19)13-37-26(27)35)10-16-8-15(6-7-20(16)28-23)9-22(25(33)34)29(5-2)14(3)31/h6-11,36H,4-5,12-13H2,1-3H3,(H,33,34)/b22-9+/t27-/m0/s1. The van der Waals surface area contributed by atoms with Crippen LogP contribution in [0.25, 0.3) is 28.4 Å². The van der Waals surface area contributed by atoms with Crippen LogP contribution in [-0.2, 0) is 37.9 Å². The van der Waals surface area contributed by atoms with Gasteiger partial charge in [-0.15, -0.1) is 0 Å². The number of benzene rings is 1. The Kier molecular flexibility index (Phi) is 5.71. The van der Waals surface area contributed by atoms with Gasteiger partial charge in [-0.3, -0.25) is 9.59 Å². The van der Waals surface area contributed by atoms with Gasteiger partial charge in [0.05, 0.1) is 29.0 Å². The molecule has 2 aromatic heterocycles. The summed E-state index contributed by atoms with van der Waals surface area (Å²) in [6, 6.07) is 8.77. The number of cyclic esters (lactones) is 1. The number of aromatic nitrogens is 2. The summed E-state index contributed by atoms with van der Waals surface area (Å²) < 4.78 is 6.66. The summed E-state index contributed by atoms with van der Waals surface area (Å²) in [6.07, 6.45) is 1.50. The maximum atomic E-state index is 13.3. The van der Waals surface area contributed by atoms with Crippen molar-refractivity contribution in [3.05, 3.63) is 68.6 Å². The number of carbonyl (C=O) groups is 3. The molecule has 2 N–H and O–H groups in total. The van der Waals surface area contributed by atoms with Gasteiger partial charge < -0.3 is 24.4 Å². The second kappa shape index (κ2) is 8.67. The molecule has 1 aromatic carbocycles. The highest BCUT2D eigenvalue weighted by molar-refractivity contribution is 5.97. The highest BCUT2D eigenvalue weighted by atomic mass is 16.6. The van der Waals surface area contributed by atoms with E-state index in [-0.39, 0.29) is 54.4 Å². The number of fused-ring (bicyclic) bond motifs is 5. The Labute approximate surface area is 211 Å². The van der Waals surface area contributed by atoms with Crippen LogP contribution in [0.5, 0.6) is 0 Å². The molecule has 4 heterocycles. The maximum Gasteiger partial charge on any atom is 0.352 e. The largest absolute Gasteiger partial charge is 0.477 e. The number of rotatable bonds is 5. The van der Waals surface area contributed by atoms with E-state index in [9.17, 15) is 29.4 Å². The molecule has 5 rings (SSSR count). The van der Waals surface area contributed by atoms with Gasteiger partial charge in [-0.25, -0.2) is 14.6 Å². The molecule has 1 atom stereocenters. The summed E-state index contributed by atoms with van der Waals surface area (Å²) in [4.78, 5) is 55.3. The number of pyridine rings is 2. The van der Waals surface area contributed by atoms with Gasteiger partial charge in [0, 0.05) is 30.0 Å². The van der Waals surface area contributed by atoms with Crippen molar-refractivity contribution in [1.82, 2.24) is 14.5 Å². The van der Waals surface area contributed by atoms with E-state index >= 15 is 0 Å². The first kappa shape index (κ1) is 24.4. The SMILES string of the molecule is CCN(C(C)=O)/C(=C/c1ccc2nc3c(cc2c1)Cn1c-3cc2c(c1=O)COC(=O)[C@]2(O)CC)C(=O)O. The van der Waals surface area contributed by atoms with Crippen LogP contribution in [0.3, 0.4) is 0 Å². The number of carboxylic acid groups (broad SMARTS) is 1. The summed E-state index contributed by atoms with van der Waals surface area (Å²) in [5.74, 6) is -2.36. The zero-order valence-corrected chi connectivity index (χ0v) is 20.6. The average molecular weight is 504 g/mol. The quantitative estimate of drug-likeness (QED) is 0.313. The van der Waals surface area contributed by atoms with E-state index in [2.05, 4.69) is 0 Å². The minimum atomic E-state index is -1.89. The Balaban J connectivity index is 1.62. The molecule has 2 aliphatic heterocycles. The molecule has 1 amide bonds. The highest BCUT2D eigenvalue weighted by Crippen LogP contribution is 2.38. The van der Waals surface area contributed by atoms with Crippen LogP contribution in [0, 0.1) is 0 Å². The summed E-state index contributed by atoms with van der Waals surface area (Å²) in [5.41, 5.74) is 1.21. The van der Waals surface area contributed by atoms with Crippen molar-refractivity contribution in [2.45, 2.75) is 45.9 Å². The zero-order valence-electron chi connectivity index (χ0n) is 20.6. The van der Waals surface area contributed by atoms with Gasteiger partial charge in [0.2, 0.25) is 5.91 Å². The van der Waals surface area contributed by atoms with Crippen molar-refractivity contribution < 1.29 is 29.3 Å². The fraction of sp³-hybridized carbons (Fsp3) is 0.296. The van der Waals surface area contributed by atoms with E-state index in [0.29, 0.717) is 22.5 Å². The van der Waals surface area contributed by atoms with Crippen molar-refractivity contribution in [2.24, 2.45) is 0 Å². The van der Waals surface area contributed by atoms with Crippen molar-refractivity contribution in [3.63, 3.8) is 0 Å². The Morgan fingerprint density at radius 1 is 1.22 bits per heavy atom. The third-order valence-electron chi connectivity index (χ3n) is 7.04. The lowest BCUT2D eigenvalue weighted by Gasteiger charge is -2.31. The van der Waals surface area contributed by atoms with Gasteiger partial charge in [-0.05, 0) is 49.2 Å². The molecule has 0 fully saturated rings. The molecule has 0 saturated heterocycles. The number of amides is 1. The van der Waals surface area contributed by atoms with Crippen LogP contribution in [0.2, 0.25) is 0 Å². The number of hydrogen-bond donors (Lipinski definition) is 2. The molecule has 0 aliphatic carbocycles. The number of likely N-dealkylation sites (N-methyl/N-ethyl adjacent to an activating group) is 1. The lowest BCUT2D eigenvalue weighted by atomic mass is 9.86. The van der Waals surface area contributed by atoms with Gasteiger partial charge >= 0.3 is 11.9 Å². The Morgan fingerprint density at radius 2 is 1.97 bits per heavy atom. The fourth-order valence-electron chi connectivity index (χ4n) is 5.07. The monoisotopic (exact) mass is 503 g/mol. The third kappa shape index (κ3) is 3.72. The second-order valence-electron chi connectivity index (χ2n) is 9.15. The van der Waals surface area contributed by atoms with Gasteiger partial charge in [-0.2, -0.15) is 0 Å². The molecule has 2 aliphatic rings. The molecule has 10 nitrogen and oxygen atoms in total. The number of ether oxygens (including phenoxy) is 1. The lowest BCUT2D eigenvalue weighted by molar-refractivity contribution is -0.172. The zero-order chi connectivity index (χ0) is 26.6. The van der Waals surface area contributed by atoms with E-state index in [1.807, 2.05) is 6.07 Å². The summed E-state index contributed by atoms with van der Waals surface area (Å²) >= 11 is 0. The Hall–Kier alpha value is -4.31. The summed E-state index contributed by atoms with van der Waals surface area (Å²) in [7, 11) is 0. The minimum Gasteiger partial charge on any atom is -0.477 e. The van der Waals surface area contributed by atoms with E-state index < -0.39 is 17.5 Å². The molecule has 0 saturated carbocycles. The van der Waals surface area contributed by atoms with Gasteiger partial charge in [0.1, 0.15) is 12.3 Å². The van der Waals surface area contributed by atoms with Crippen LogP contribution in [0.4, 0.5) is 0 Å². The molecule has 10 heteroatoms. The van der Waals surface area contributed by atoms with Crippen molar-refractivity contribution in [2.75, 3.05) is 6.54 Å². The number of aliphatic carboxylic acids is 1. The van der Waals surface area contributed by atoms with Crippen LogP contribution < -0.4 is 5.56 Å². The molecule has 0 bridgehead atoms. The number of carboxylic acids is 1. The van der Waals surface area contributed by atoms with Crippen LogP contribution in [0.15, 0.2) is 40.8 Å². The molecular weight excluding hydrogens is 478 g/mol. The molecule has 0 unspecified atom stereocenters. The minimum absolute atomic E-state index is 0.0629. The third-order valence-corrected chi connectivity index (χ3v) is 7.04. The second-order valence-corrected chi connectivity index (χ2v) is 9.15. The molecule has 0 radical (unpaired) electrons. The molecular formula is C27H25N3O7. The summed E-state index contributed by atoms with van der Waals surface area (Å²) in [5, 5.41) is 21.4. The summed E-state index contributed by atoms with van der Waals surface area (Å²) in [6.45, 7) is 4.95. The van der Waals surface area contributed by atoms with Crippen molar-refractivity contribution in [1.29, 1.82) is 0 Å². The van der Waals surface area contributed by atoms with Crippen LogP contribution >= 0.6 is 0 Å². The average Bonchev–Trinajstić information content (AvgIpc) is 3.22. The number of aliphatic hydroxyl groups is 1. The predicted octanol–water partition coefficient (Wildman–Crippen LogP) is 2.37. The number of esters is 1. The topological polar surface area (TPSA) is 139 Å². The Bertz CT molecular complexity index is 1600. The number of nitrogens with zero attached hydrogens (tertiary/aromatic N) is 3. The van der Waals surface area contributed by atoms with E-state index in [1.165, 1.54) is 17.9 Å². The first-order valence-corrected chi connectivity index (χ1v) is 11.9. The normalized spacial score (nSPS) is 18.2. The lowest BCUT2D eigenvalue weighted by Crippen LogP contribution is -2.44. The fourth-order valence-corrected chi connectivity index (χ4v) is 5.07. The maximum absolute atomic E-state index is 13.3. The smallest absolute Gasteiger partial charge is 0.352 e. The Morgan fingerprint density at radius 3 is 2.62 bits per heavy atom. The number of carbonyl (C=O) groups excluding carboxylic acids is 2. The van der Waals surface area contributed by atoms with Gasteiger partial charge in [-0.1, -0.05) is 13.0 Å².